The van der Waals surface area contributed by atoms with E-state index in [0.717, 1.165) is 19.3 Å². The molecule has 1 aromatic rings. The highest BCUT2D eigenvalue weighted by Crippen LogP contribution is 2.28. The van der Waals surface area contributed by atoms with E-state index in [4.69, 9.17) is 5.26 Å². The summed E-state index contributed by atoms with van der Waals surface area (Å²) in [7, 11) is 0. The zero-order chi connectivity index (χ0) is 15.3. The van der Waals surface area contributed by atoms with Crippen molar-refractivity contribution in [2.24, 2.45) is 11.8 Å². The minimum atomic E-state index is -4.42. The standard InChI is InChI=1S/C16H19F3N2/c17-16(18,19)15(11-20)12-21-8-6-14(7-9-21)10-13-4-2-1-3-5-13/h1-5,14-15H,6-10,12H2. The predicted octanol–water partition coefficient (Wildman–Crippen LogP) is 3.64. The lowest BCUT2D eigenvalue weighted by Crippen LogP contribution is -2.41. The third kappa shape index (κ3) is 4.75. The van der Waals surface area contributed by atoms with Gasteiger partial charge < -0.3 is 4.90 Å². The second-order valence-corrected chi connectivity index (χ2v) is 5.66. The molecule has 0 saturated carbocycles. The lowest BCUT2D eigenvalue weighted by atomic mass is 9.90. The summed E-state index contributed by atoms with van der Waals surface area (Å²) < 4.78 is 37.8. The van der Waals surface area contributed by atoms with Gasteiger partial charge in [-0.2, -0.15) is 18.4 Å². The largest absolute Gasteiger partial charge is 0.405 e. The molecule has 1 aromatic carbocycles. The highest BCUT2D eigenvalue weighted by molar-refractivity contribution is 5.15. The third-order valence-electron chi connectivity index (χ3n) is 4.07. The number of nitriles is 1. The Labute approximate surface area is 123 Å². The highest BCUT2D eigenvalue weighted by atomic mass is 19.4. The van der Waals surface area contributed by atoms with Gasteiger partial charge in [0, 0.05) is 6.54 Å². The molecule has 1 aliphatic heterocycles. The van der Waals surface area contributed by atoms with E-state index < -0.39 is 12.1 Å². The van der Waals surface area contributed by atoms with E-state index in [-0.39, 0.29) is 6.54 Å². The molecule has 1 saturated heterocycles. The van der Waals surface area contributed by atoms with Crippen LogP contribution in [0.5, 0.6) is 0 Å². The molecule has 0 radical (unpaired) electrons. The van der Waals surface area contributed by atoms with Gasteiger partial charge in [-0.05, 0) is 43.8 Å². The van der Waals surface area contributed by atoms with Crippen molar-refractivity contribution in [1.82, 2.24) is 4.90 Å². The molecule has 1 aliphatic rings. The van der Waals surface area contributed by atoms with Crippen molar-refractivity contribution in [3.63, 3.8) is 0 Å². The summed E-state index contributed by atoms with van der Waals surface area (Å²) in [5.41, 5.74) is 1.28. The lowest BCUT2D eigenvalue weighted by Gasteiger charge is -2.33. The van der Waals surface area contributed by atoms with E-state index >= 15 is 0 Å². The summed E-state index contributed by atoms with van der Waals surface area (Å²) in [6, 6.07) is 11.5. The summed E-state index contributed by atoms with van der Waals surface area (Å²) in [4.78, 5) is 1.77. The van der Waals surface area contributed by atoms with Gasteiger partial charge in [-0.1, -0.05) is 30.3 Å². The predicted molar refractivity (Wildman–Crippen MR) is 74.5 cm³/mol. The van der Waals surface area contributed by atoms with Crippen molar-refractivity contribution in [3.05, 3.63) is 35.9 Å². The molecule has 0 N–H and O–H groups in total. The second kappa shape index (κ2) is 6.95. The van der Waals surface area contributed by atoms with Gasteiger partial charge in [0.2, 0.25) is 0 Å². The van der Waals surface area contributed by atoms with Crippen molar-refractivity contribution < 1.29 is 13.2 Å². The highest BCUT2D eigenvalue weighted by Gasteiger charge is 2.41. The molecule has 5 heteroatoms. The molecule has 1 fully saturated rings. The van der Waals surface area contributed by atoms with Gasteiger partial charge in [0.1, 0.15) is 0 Å². The smallest absolute Gasteiger partial charge is 0.302 e. The molecule has 1 heterocycles. The quantitative estimate of drug-likeness (QED) is 0.848. The molecular weight excluding hydrogens is 277 g/mol. The molecule has 114 valence electrons. The van der Waals surface area contributed by atoms with Crippen LogP contribution in [0.25, 0.3) is 0 Å². The first-order valence-corrected chi connectivity index (χ1v) is 7.21. The van der Waals surface area contributed by atoms with Gasteiger partial charge in [-0.3, -0.25) is 0 Å². The zero-order valence-electron chi connectivity index (χ0n) is 11.8. The van der Waals surface area contributed by atoms with Crippen LogP contribution in [-0.2, 0) is 6.42 Å². The molecule has 1 atom stereocenters. The van der Waals surface area contributed by atoms with Crippen LogP contribution in [-0.4, -0.2) is 30.7 Å². The topological polar surface area (TPSA) is 27.0 Å². The van der Waals surface area contributed by atoms with Crippen LogP contribution in [0.3, 0.4) is 0 Å². The zero-order valence-corrected chi connectivity index (χ0v) is 11.8. The Morgan fingerprint density at radius 3 is 2.33 bits per heavy atom. The Balaban J connectivity index is 1.80. The van der Waals surface area contributed by atoms with E-state index in [1.807, 2.05) is 18.2 Å². The summed E-state index contributed by atoms with van der Waals surface area (Å²) >= 11 is 0. The average Bonchev–Trinajstić information content (AvgIpc) is 2.46. The number of hydrogen-bond acceptors (Lipinski definition) is 2. The van der Waals surface area contributed by atoms with Gasteiger partial charge in [-0.15, -0.1) is 0 Å². The van der Waals surface area contributed by atoms with E-state index in [1.54, 1.807) is 4.90 Å². The van der Waals surface area contributed by atoms with Crippen LogP contribution < -0.4 is 0 Å². The number of nitrogens with zero attached hydrogens (tertiary/aromatic N) is 2. The Hall–Kier alpha value is -1.54. The van der Waals surface area contributed by atoms with Crippen molar-refractivity contribution in [3.8, 4) is 6.07 Å². The fourth-order valence-corrected chi connectivity index (χ4v) is 2.80. The molecule has 0 amide bonds. The summed E-state index contributed by atoms with van der Waals surface area (Å²) in [5.74, 6) is -1.35. The maximum atomic E-state index is 12.6. The number of halogens is 3. The monoisotopic (exact) mass is 296 g/mol. The summed E-state index contributed by atoms with van der Waals surface area (Å²) in [6.45, 7) is 1.09. The van der Waals surface area contributed by atoms with Gasteiger partial charge in [0.15, 0.2) is 5.92 Å². The van der Waals surface area contributed by atoms with Crippen LogP contribution in [0.4, 0.5) is 13.2 Å². The van der Waals surface area contributed by atoms with Crippen molar-refractivity contribution in [2.45, 2.75) is 25.4 Å². The van der Waals surface area contributed by atoms with Gasteiger partial charge in [0.05, 0.1) is 6.07 Å². The molecule has 0 aromatic heterocycles. The fourth-order valence-electron chi connectivity index (χ4n) is 2.80. The summed E-state index contributed by atoms with van der Waals surface area (Å²) in [6.07, 6.45) is -1.65. The SMILES string of the molecule is N#CC(CN1CCC(Cc2ccccc2)CC1)C(F)(F)F. The molecule has 21 heavy (non-hydrogen) atoms. The number of rotatable bonds is 4. The van der Waals surface area contributed by atoms with Gasteiger partial charge in [-0.25, -0.2) is 0 Å². The van der Waals surface area contributed by atoms with Gasteiger partial charge in [0.25, 0.3) is 0 Å². The number of hydrogen-bond donors (Lipinski definition) is 0. The minimum absolute atomic E-state index is 0.196. The van der Waals surface area contributed by atoms with Crippen molar-refractivity contribution in [2.75, 3.05) is 19.6 Å². The molecule has 2 rings (SSSR count). The first kappa shape index (κ1) is 15.8. The Kier molecular flexibility index (Phi) is 5.24. The van der Waals surface area contributed by atoms with Crippen LogP contribution in [0.2, 0.25) is 0 Å². The van der Waals surface area contributed by atoms with E-state index in [1.165, 1.54) is 11.6 Å². The molecule has 0 aliphatic carbocycles. The first-order valence-electron chi connectivity index (χ1n) is 7.21. The Morgan fingerprint density at radius 1 is 1.19 bits per heavy atom. The minimum Gasteiger partial charge on any atom is -0.302 e. The third-order valence-corrected chi connectivity index (χ3v) is 4.07. The second-order valence-electron chi connectivity index (χ2n) is 5.66. The van der Waals surface area contributed by atoms with Crippen LogP contribution in [0, 0.1) is 23.2 Å². The maximum Gasteiger partial charge on any atom is 0.405 e. The molecule has 0 spiro atoms. The first-order chi connectivity index (χ1) is 9.99. The fraction of sp³-hybridized carbons (Fsp3) is 0.562. The molecule has 1 unspecified atom stereocenters. The van der Waals surface area contributed by atoms with Crippen LogP contribution in [0.15, 0.2) is 30.3 Å². The van der Waals surface area contributed by atoms with E-state index in [9.17, 15) is 13.2 Å². The number of alkyl halides is 3. The Morgan fingerprint density at radius 2 is 1.81 bits per heavy atom. The Bertz CT molecular complexity index is 471. The van der Waals surface area contributed by atoms with Crippen LogP contribution >= 0.6 is 0 Å². The lowest BCUT2D eigenvalue weighted by molar-refractivity contribution is -0.163. The molecule has 0 bridgehead atoms. The van der Waals surface area contributed by atoms with Crippen LogP contribution in [0.1, 0.15) is 18.4 Å². The van der Waals surface area contributed by atoms with Gasteiger partial charge >= 0.3 is 6.18 Å². The van der Waals surface area contributed by atoms with E-state index in [0.29, 0.717) is 19.0 Å². The van der Waals surface area contributed by atoms with E-state index in [2.05, 4.69) is 12.1 Å². The van der Waals surface area contributed by atoms with Crippen molar-refractivity contribution in [1.29, 1.82) is 5.26 Å². The number of piperidine rings is 1. The normalized spacial score (nSPS) is 19.1. The molecule has 2 nitrogen and oxygen atoms in total. The maximum absolute atomic E-state index is 12.6. The summed E-state index contributed by atoms with van der Waals surface area (Å²) in [5, 5.41) is 8.64. The number of likely N-dealkylation sites (tertiary alicyclic amines) is 1. The number of benzene rings is 1. The van der Waals surface area contributed by atoms with Crippen molar-refractivity contribution >= 4 is 0 Å². The molecular formula is C16H19F3N2. The average molecular weight is 296 g/mol.